The zero-order valence-corrected chi connectivity index (χ0v) is 14.4. The molecule has 1 aromatic rings. The number of amides is 1. The maximum Gasteiger partial charge on any atom is 0.227 e. The molecule has 130 valence electrons. The van der Waals surface area contributed by atoms with E-state index in [1.807, 2.05) is 0 Å². The summed E-state index contributed by atoms with van der Waals surface area (Å²) in [5, 5.41) is 0. The number of carbonyl (C=O) groups is 1. The predicted molar refractivity (Wildman–Crippen MR) is 95.3 cm³/mol. The van der Waals surface area contributed by atoms with Crippen LogP contribution in [0.25, 0.3) is 0 Å². The van der Waals surface area contributed by atoms with E-state index in [1.54, 1.807) is 0 Å². The molecule has 4 nitrogen and oxygen atoms in total. The van der Waals surface area contributed by atoms with E-state index in [1.165, 1.54) is 5.56 Å². The van der Waals surface area contributed by atoms with Gasteiger partial charge in [-0.15, -0.1) is 0 Å². The first-order valence-electron chi connectivity index (χ1n) is 9.55. The number of piperidine rings is 2. The van der Waals surface area contributed by atoms with Gasteiger partial charge in [-0.05, 0) is 50.6 Å². The first-order valence-corrected chi connectivity index (χ1v) is 9.55. The highest BCUT2D eigenvalue weighted by molar-refractivity contribution is 5.80. The molecular weight excluding hydrogens is 298 g/mol. The Bertz CT molecular complexity index is 562. The smallest absolute Gasteiger partial charge is 0.227 e. The molecule has 1 unspecified atom stereocenters. The summed E-state index contributed by atoms with van der Waals surface area (Å²) in [5.41, 5.74) is 7.50. The fraction of sp³-hybridized carbons (Fsp3) is 0.650. The van der Waals surface area contributed by atoms with E-state index < -0.39 is 0 Å². The van der Waals surface area contributed by atoms with Crippen LogP contribution in [0.15, 0.2) is 30.3 Å². The van der Waals surface area contributed by atoms with E-state index in [2.05, 4.69) is 40.1 Å². The lowest BCUT2D eigenvalue weighted by atomic mass is 9.92. The third-order valence-corrected chi connectivity index (χ3v) is 6.13. The fourth-order valence-electron chi connectivity index (χ4n) is 5.03. The number of fused-ring (bicyclic) bond motifs is 2. The Morgan fingerprint density at radius 1 is 1.08 bits per heavy atom. The number of hydrogen-bond acceptors (Lipinski definition) is 3. The minimum atomic E-state index is 0.180. The van der Waals surface area contributed by atoms with Crippen molar-refractivity contribution in [3.63, 3.8) is 0 Å². The van der Waals surface area contributed by atoms with Crippen LogP contribution in [0.4, 0.5) is 0 Å². The van der Waals surface area contributed by atoms with Gasteiger partial charge in [0.2, 0.25) is 5.91 Å². The maximum atomic E-state index is 13.2. The minimum Gasteiger partial charge on any atom is -0.336 e. The van der Waals surface area contributed by atoms with E-state index in [4.69, 9.17) is 5.73 Å². The molecular formula is C20H29N3O. The van der Waals surface area contributed by atoms with Crippen LogP contribution in [0, 0.1) is 5.92 Å². The average Bonchev–Trinajstić information content (AvgIpc) is 2.87. The number of hydrogen-bond donors (Lipinski definition) is 1. The summed E-state index contributed by atoms with van der Waals surface area (Å²) in [6.07, 6.45) is 6.50. The molecule has 4 atom stereocenters. The Morgan fingerprint density at radius 3 is 2.50 bits per heavy atom. The molecule has 4 heteroatoms. The lowest BCUT2D eigenvalue weighted by molar-refractivity contribution is -0.142. The molecule has 3 saturated heterocycles. The van der Waals surface area contributed by atoms with E-state index in [0.29, 0.717) is 24.0 Å². The first kappa shape index (κ1) is 16.1. The molecule has 3 aliphatic rings. The Morgan fingerprint density at radius 2 is 1.79 bits per heavy atom. The molecule has 3 aliphatic heterocycles. The van der Waals surface area contributed by atoms with Crippen LogP contribution in [0.1, 0.15) is 44.1 Å². The highest BCUT2D eigenvalue weighted by Crippen LogP contribution is 2.37. The summed E-state index contributed by atoms with van der Waals surface area (Å²) in [6.45, 7) is 2.98. The van der Waals surface area contributed by atoms with Gasteiger partial charge in [0.15, 0.2) is 0 Å². The predicted octanol–water partition coefficient (Wildman–Crippen LogP) is 2.38. The summed E-state index contributed by atoms with van der Waals surface area (Å²) in [5.74, 6) is 0.590. The third-order valence-electron chi connectivity index (χ3n) is 6.13. The van der Waals surface area contributed by atoms with Crippen LogP contribution in [-0.4, -0.2) is 46.9 Å². The SMILES string of the molecule is NC1C[C@H]2CC[C@@H](C1)N2C(=O)[C@@H]1CCCN(Cc2ccccc2)C1. The van der Waals surface area contributed by atoms with Gasteiger partial charge in [-0.25, -0.2) is 0 Å². The van der Waals surface area contributed by atoms with Crippen molar-refractivity contribution in [2.24, 2.45) is 11.7 Å². The lowest BCUT2D eigenvalue weighted by Crippen LogP contribution is -2.54. The molecule has 3 fully saturated rings. The average molecular weight is 327 g/mol. The first-order chi connectivity index (χ1) is 11.7. The molecule has 0 aromatic heterocycles. The summed E-state index contributed by atoms with van der Waals surface area (Å²) in [4.78, 5) is 17.9. The number of nitrogens with two attached hydrogens (primary N) is 1. The lowest BCUT2D eigenvalue weighted by Gasteiger charge is -2.41. The molecule has 2 N–H and O–H groups in total. The van der Waals surface area contributed by atoms with Crippen molar-refractivity contribution in [2.45, 2.75) is 63.2 Å². The highest BCUT2D eigenvalue weighted by Gasteiger charge is 2.44. The number of carbonyl (C=O) groups excluding carboxylic acids is 1. The van der Waals surface area contributed by atoms with Crippen LogP contribution in [0.5, 0.6) is 0 Å². The Hall–Kier alpha value is -1.39. The van der Waals surface area contributed by atoms with Crippen LogP contribution in [-0.2, 0) is 11.3 Å². The van der Waals surface area contributed by atoms with Crippen molar-refractivity contribution in [3.05, 3.63) is 35.9 Å². The monoisotopic (exact) mass is 327 g/mol. The summed E-state index contributed by atoms with van der Waals surface area (Å²) in [6, 6.07) is 11.7. The van der Waals surface area contributed by atoms with Gasteiger partial charge in [0.25, 0.3) is 0 Å². The highest BCUT2D eigenvalue weighted by atomic mass is 16.2. The van der Waals surface area contributed by atoms with Gasteiger partial charge in [-0.2, -0.15) is 0 Å². The van der Waals surface area contributed by atoms with Gasteiger partial charge in [-0.3, -0.25) is 9.69 Å². The largest absolute Gasteiger partial charge is 0.336 e. The standard InChI is InChI=1S/C20H29N3O/c21-17-11-18-8-9-19(12-17)23(18)20(24)16-7-4-10-22(14-16)13-15-5-2-1-3-6-15/h1-3,5-6,16-19H,4,7-14,21H2/t16-,17?,18-,19+/m1/s1. The van der Waals surface area contributed by atoms with Crippen molar-refractivity contribution in [2.75, 3.05) is 13.1 Å². The normalized spacial score (nSPS) is 33.6. The van der Waals surface area contributed by atoms with Crippen molar-refractivity contribution >= 4 is 5.91 Å². The number of nitrogens with zero attached hydrogens (tertiary/aromatic N) is 2. The minimum absolute atomic E-state index is 0.180. The topological polar surface area (TPSA) is 49.6 Å². The Balaban J connectivity index is 1.40. The number of likely N-dealkylation sites (tertiary alicyclic amines) is 1. The third kappa shape index (κ3) is 3.22. The number of benzene rings is 1. The van der Waals surface area contributed by atoms with Crippen molar-refractivity contribution in [3.8, 4) is 0 Å². The van der Waals surface area contributed by atoms with Gasteiger partial charge in [0, 0.05) is 31.2 Å². The second kappa shape index (κ2) is 6.85. The molecule has 0 radical (unpaired) electrons. The van der Waals surface area contributed by atoms with Crippen LogP contribution < -0.4 is 5.73 Å². The van der Waals surface area contributed by atoms with Gasteiger partial charge in [0.1, 0.15) is 0 Å². The zero-order valence-electron chi connectivity index (χ0n) is 14.4. The molecule has 0 saturated carbocycles. The van der Waals surface area contributed by atoms with E-state index >= 15 is 0 Å². The van der Waals surface area contributed by atoms with Crippen LogP contribution in [0.3, 0.4) is 0 Å². The Kier molecular flexibility index (Phi) is 4.59. The molecule has 4 rings (SSSR count). The molecule has 2 bridgehead atoms. The fourth-order valence-corrected chi connectivity index (χ4v) is 5.03. The van der Waals surface area contributed by atoms with Gasteiger partial charge in [0.05, 0.1) is 5.92 Å². The van der Waals surface area contributed by atoms with Crippen LogP contribution in [0.2, 0.25) is 0 Å². The summed E-state index contributed by atoms with van der Waals surface area (Å²) >= 11 is 0. The van der Waals surface area contributed by atoms with Crippen molar-refractivity contribution in [1.29, 1.82) is 0 Å². The molecule has 1 amide bonds. The summed E-state index contributed by atoms with van der Waals surface area (Å²) in [7, 11) is 0. The van der Waals surface area contributed by atoms with Crippen molar-refractivity contribution < 1.29 is 4.79 Å². The van der Waals surface area contributed by atoms with E-state index in [-0.39, 0.29) is 5.92 Å². The zero-order chi connectivity index (χ0) is 16.5. The maximum absolute atomic E-state index is 13.2. The van der Waals surface area contributed by atoms with E-state index in [9.17, 15) is 4.79 Å². The molecule has 0 spiro atoms. The van der Waals surface area contributed by atoms with Crippen molar-refractivity contribution in [1.82, 2.24) is 9.80 Å². The quantitative estimate of drug-likeness (QED) is 0.927. The van der Waals surface area contributed by atoms with Crippen LogP contribution >= 0.6 is 0 Å². The molecule has 0 aliphatic carbocycles. The molecule has 3 heterocycles. The molecule has 1 aromatic carbocycles. The second-order valence-electron chi connectivity index (χ2n) is 7.92. The Labute approximate surface area is 145 Å². The van der Waals surface area contributed by atoms with E-state index in [0.717, 1.165) is 58.2 Å². The number of rotatable bonds is 3. The summed E-state index contributed by atoms with van der Waals surface area (Å²) < 4.78 is 0. The van der Waals surface area contributed by atoms with Gasteiger partial charge >= 0.3 is 0 Å². The molecule has 24 heavy (non-hydrogen) atoms. The van der Waals surface area contributed by atoms with Gasteiger partial charge in [-0.1, -0.05) is 30.3 Å². The second-order valence-corrected chi connectivity index (χ2v) is 7.92. The van der Waals surface area contributed by atoms with Gasteiger partial charge < -0.3 is 10.6 Å².